The van der Waals surface area contributed by atoms with Crippen LogP contribution >= 0.6 is 11.3 Å². The summed E-state index contributed by atoms with van der Waals surface area (Å²) in [6, 6.07) is 10.1. The quantitative estimate of drug-likeness (QED) is 0.687. The molecular formula is C20H21N3O2S. The van der Waals surface area contributed by atoms with Gasteiger partial charge in [0.05, 0.1) is 24.8 Å². The molecule has 2 aromatic heterocycles. The average molecular weight is 367 g/mol. The molecule has 4 rings (SSSR count). The van der Waals surface area contributed by atoms with Crippen molar-refractivity contribution in [2.45, 2.75) is 19.5 Å². The second kappa shape index (κ2) is 7.43. The number of benzene rings is 1. The average Bonchev–Trinajstić information content (AvgIpc) is 3.22. The van der Waals surface area contributed by atoms with E-state index in [1.165, 1.54) is 11.3 Å². The Morgan fingerprint density at radius 3 is 2.88 bits per heavy atom. The molecule has 0 spiro atoms. The van der Waals surface area contributed by atoms with Crippen LogP contribution in [0.5, 0.6) is 11.5 Å². The molecule has 26 heavy (non-hydrogen) atoms. The molecule has 0 saturated heterocycles. The molecule has 3 aromatic rings. The van der Waals surface area contributed by atoms with Crippen molar-refractivity contribution in [1.29, 1.82) is 0 Å². The highest BCUT2D eigenvalue weighted by molar-refractivity contribution is 7.13. The van der Waals surface area contributed by atoms with Crippen LogP contribution in [0.4, 0.5) is 0 Å². The van der Waals surface area contributed by atoms with Crippen LogP contribution < -0.4 is 9.47 Å². The van der Waals surface area contributed by atoms with Crippen LogP contribution in [0.15, 0.2) is 41.9 Å². The number of aromatic nitrogens is 2. The Bertz CT molecular complexity index is 896. The highest BCUT2D eigenvalue weighted by Crippen LogP contribution is 2.28. The van der Waals surface area contributed by atoms with Crippen LogP contribution in [0.2, 0.25) is 0 Å². The van der Waals surface area contributed by atoms with E-state index in [4.69, 9.17) is 14.5 Å². The molecule has 0 fully saturated rings. The minimum absolute atomic E-state index is 0.809. The van der Waals surface area contributed by atoms with Gasteiger partial charge in [-0.05, 0) is 17.5 Å². The van der Waals surface area contributed by atoms with Gasteiger partial charge in [0.1, 0.15) is 11.5 Å². The van der Waals surface area contributed by atoms with Gasteiger partial charge in [0.25, 0.3) is 0 Å². The van der Waals surface area contributed by atoms with E-state index in [1.807, 2.05) is 24.4 Å². The van der Waals surface area contributed by atoms with Gasteiger partial charge < -0.3 is 9.47 Å². The van der Waals surface area contributed by atoms with Gasteiger partial charge in [0.15, 0.2) is 5.82 Å². The monoisotopic (exact) mass is 367 g/mol. The molecule has 3 heterocycles. The molecule has 1 aliphatic heterocycles. The fourth-order valence-electron chi connectivity index (χ4n) is 3.26. The number of hydrogen-bond donors (Lipinski definition) is 0. The number of methoxy groups -OCH3 is 2. The fourth-order valence-corrected chi connectivity index (χ4v) is 3.92. The summed E-state index contributed by atoms with van der Waals surface area (Å²) >= 11 is 1.68. The maximum atomic E-state index is 5.53. The van der Waals surface area contributed by atoms with Crippen LogP contribution in [-0.2, 0) is 19.5 Å². The standard InChI is InChI=1S/C20H21N3O2S/c1-24-16-6-5-14(18(10-16)25-2)12-23-8-7-17-15(13-23)11-21-20(22-17)19-4-3-9-26-19/h3-6,9-11H,7-8,12-13H2,1-2H3. The minimum atomic E-state index is 0.809. The largest absolute Gasteiger partial charge is 0.497 e. The third-order valence-corrected chi connectivity index (χ3v) is 5.51. The lowest BCUT2D eigenvalue weighted by atomic mass is 10.1. The number of fused-ring (bicyclic) bond motifs is 1. The Kier molecular flexibility index (Phi) is 4.86. The van der Waals surface area contributed by atoms with E-state index in [-0.39, 0.29) is 0 Å². The van der Waals surface area contributed by atoms with Crippen molar-refractivity contribution in [2.24, 2.45) is 0 Å². The normalized spacial score (nSPS) is 14.1. The molecule has 0 saturated carbocycles. The minimum Gasteiger partial charge on any atom is -0.497 e. The molecule has 0 unspecified atom stereocenters. The summed E-state index contributed by atoms with van der Waals surface area (Å²) < 4.78 is 10.8. The van der Waals surface area contributed by atoms with E-state index in [1.54, 1.807) is 25.6 Å². The molecule has 134 valence electrons. The van der Waals surface area contributed by atoms with Crippen molar-refractivity contribution in [3.8, 4) is 22.2 Å². The molecule has 1 aromatic carbocycles. The molecule has 0 radical (unpaired) electrons. The van der Waals surface area contributed by atoms with Gasteiger partial charge in [-0.25, -0.2) is 9.97 Å². The lowest BCUT2D eigenvalue weighted by Gasteiger charge is -2.28. The van der Waals surface area contributed by atoms with Crippen molar-refractivity contribution in [3.63, 3.8) is 0 Å². The summed E-state index contributed by atoms with van der Waals surface area (Å²) in [6.45, 7) is 2.66. The highest BCUT2D eigenvalue weighted by atomic mass is 32.1. The van der Waals surface area contributed by atoms with E-state index in [0.29, 0.717) is 0 Å². The lowest BCUT2D eigenvalue weighted by Crippen LogP contribution is -2.31. The molecule has 6 heteroatoms. The first-order valence-corrected chi connectivity index (χ1v) is 9.46. The third-order valence-electron chi connectivity index (χ3n) is 4.64. The number of thiophene rings is 1. The van der Waals surface area contributed by atoms with Crippen LogP contribution in [-0.4, -0.2) is 35.6 Å². The summed E-state index contributed by atoms with van der Waals surface area (Å²) in [6.07, 6.45) is 2.92. The lowest BCUT2D eigenvalue weighted by molar-refractivity contribution is 0.239. The summed E-state index contributed by atoms with van der Waals surface area (Å²) in [4.78, 5) is 12.9. The molecule has 5 nitrogen and oxygen atoms in total. The Hall–Kier alpha value is -2.44. The van der Waals surface area contributed by atoms with Gasteiger partial charge in [0.2, 0.25) is 0 Å². The predicted octanol–water partition coefficient (Wildman–Crippen LogP) is 3.78. The van der Waals surface area contributed by atoms with Crippen LogP contribution in [0.3, 0.4) is 0 Å². The van der Waals surface area contributed by atoms with E-state index >= 15 is 0 Å². The molecular weight excluding hydrogens is 346 g/mol. The van der Waals surface area contributed by atoms with Crippen molar-refractivity contribution in [3.05, 3.63) is 58.7 Å². The molecule has 0 bridgehead atoms. The van der Waals surface area contributed by atoms with Gasteiger partial charge in [0, 0.05) is 49.4 Å². The Morgan fingerprint density at radius 1 is 1.19 bits per heavy atom. The summed E-state index contributed by atoms with van der Waals surface area (Å²) in [5.74, 6) is 2.51. The Morgan fingerprint density at radius 2 is 2.12 bits per heavy atom. The van der Waals surface area contributed by atoms with Crippen molar-refractivity contribution in [1.82, 2.24) is 14.9 Å². The first-order chi connectivity index (χ1) is 12.8. The van der Waals surface area contributed by atoms with E-state index in [2.05, 4.69) is 27.4 Å². The van der Waals surface area contributed by atoms with E-state index in [0.717, 1.165) is 53.8 Å². The number of rotatable bonds is 5. The van der Waals surface area contributed by atoms with Gasteiger partial charge in [-0.2, -0.15) is 0 Å². The summed E-state index contributed by atoms with van der Waals surface area (Å²) in [7, 11) is 3.37. The maximum absolute atomic E-state index is 5.53. The first-order valence-electron chi connectivity index (χ1n) is 8.58. The zero-order chi connectivity index (χ0) is 17.9. The summed E-state index contributed by atoms with van der Waals surface area (Å²) in [5, 5.41) is 2.06. The topological polar surface area (TPSA) is 47.5 Å². The first kappa shape index (κ1) is 17.0. The molecule has 1 aliphatic rings. The second-order valence-electron chi connectivity index (χ2n) is 6.28. The number of hydrogen-bond acceptors (Lipinski definition) is 6. The van der Waals surface area contributed by atoms with Gasteiger partial charge >= 0.3 is 0 Å². The zero-order valence-electron chi connectivity index (χ0n) is 14.9. The van der Waals surface area contributed by atoms with E-state index < -0.39 is 0 Å². The Labute approximate surface area is 157 Å². The van der Waals surface area contributed by atoms with Crippen molar-refractivity contribution in [2.75, 3.05) is 20.8 Å². The number of ether oxygens (including phenoxy) is 2. The predicted molar refractivity (Wildman–Crippen MR) is 103 cm³/mol. The van der Waals surface area contributed by atoms with Crippen LogP contribution in [0.1, 0.15) is 16.8 Å². The molecule has 0 N–H and O–H groups in total. The number of nitrogens with zero attached hydrogens (tertiary/aromatic N) is 3. The SMILES string of the molecule is COc1ccc(CN2CCc3nc(-c4cccs4)ncc3C2)c(OC)c1. The van der Waals surface area contributed by atoms with Gasteiger partial charge in [-0.1, -0.05) is 12.1 Å². The Balaban J connectivity index is 1.50. The maximum Gasteiger partial charge on any atom is 0.169 e. The molecule has 0 aliphatic carbocycles. The fraction of sp³-hybridized carbons (Fsp3) is 0.300. The van der Waals surface area contributed by atoms with Crippen molar-refractivity contribution >= 4 is 11.3 Å². The second-order valence-corrected chi connectivity index (χ2v) is 7.23. The highest BCUT2D eigenvalue weighted by Gasteiger charge is 2.20. The van der Waals surface area contributed by atoms with E-state index in [9.17, 15) is 0 Å². The zero-order valence-corrected chi connectivity index (χ0v) is 15.8. The van der Waals surface area contributed by atoms with Gasteiger partial charge in [-0.3, -0.25) is 4.90 Å². The third kappa shape index (κ3) is 3.43. The van der Waals surface area contributed by atoms with Gasteiger partial charge in [-0.15, -0.1) is 11.3 Å². The smallest absolute Gasteiger partial charge is 0.169 e. The molecule has 0 amide bonds. The van der Waals surface area contributed by atoms with Crippen LogP contribution in [0.25, 0.3) is 10.7 Å². The van der Waals surface area contributed by atoms with Crippen LogP contribution in [0, 0.1) is 0 Å². The summed E-state index contributed by atoms with van der Waals surface area (Å²) in [5.41, 5.74) is 3.54. The van der Waals surface area contributed by atoms with Crippen molar-refractivity contribution < 1.29 is 9.47 Å². The molecule has 0 atom stereocenters.